The number of hydrogen-bond acceptors (Lipinski definition) is 7. The molecule has 30 heavy (non-hydrogen) atoms. The van der Waals surface area contributed by atoms with Crippen LogP contribution in [0.2, 0.25) is 0 Å². The van der Waals surface area contributed by atoms with E-state index in [2.05, 4.69) is 30.7 Å². The van der Waals surface area contributed by atoms with Gasteiger partial charge < -0.3 is 15.4 Å². The van der Waals surface area contributed by atoms with Gasteiger partial charge in [0.1, 0.15) is 30.0 Å². The van der Waals surface area contributed by atoms with Crippen LogP contribution >= 0.6 is 0 Å². The van der Waals surface area contributed by atoms with E-state index >= 15 is 0 Å². The van der Waals surface area contributed by atoms with Crippen molar-refractivity contribution in [2.24, 2.45) is 0 Å². The van der Waals surface area contributed by atoms with Gasteiger partial charge in [-0.3, -0.25) is 4.98 Å². The molecule has 0 aliphatic rings. The minimum atomic E-state index is -0.262. The molecule has 3 heterocycles. The number of hydrogen-bond donors (Lipinski definition) is 2. The largest absolute Gasteiger partial charge is 0.366 e. The van der Waals surface area contributed by atoms with Crippen molar-refractivity contribution in [3.8, 4) is 11.1 Å². The van der Waals surface area contributed by atoms with E-state index in [9.17, 15) is 4.39 Å². The van der Waals surface area contributed by atoms with Gasteiger partial charge in [0.25, 0.3) is 0 Å². The monoisotopic (exact) mass is 405 g/mol. The first-order valence-corrected chi connectivity index (χ1v) is 9.25. The van der Waals surface area contributed by atoms with Crippen LogP contribution in [0, 0.1) is 5.82 Å². The Morgan fingerprint density at radius 2 is 1.83 bits per heavy atom. The van der Waals surface area contributed by atoms with E-state index in [4.69, 9.17) is 4.74 Å². The standard InChI is InChI=1S/C21H20FN7O/c1-30-14-29-13-17(11-26-29)16-8-19(25-10-15-2-4-18(22)5-3-15)27-20(9-16)28-21-12-23-6-7-24-21/h2-9,11-13H,10,14H2,1H3,(H2,24,25,27,28). The Bertz CT molecular complexity index is 1100. The van der Waals surface area contributed by atoms with E-state index < -0.39 is 0 Å². The molecule has 4 rings (SSSR count). The number of nitrogens with one attached hydrogen (secondary N) is 2. The van der Waals surface area contributed by atoms with Crippen LogP contribution < -0.4 is 10.6 Å². The summed E-state index contributed by atoms with van der Waals surface area (Å²) in [5.74, 6) is 1.58. The molecule has 1 aromatic carbocycles. The van der Waals surface area contributed by atoms with Crippen molar-refractivity contribution in [2.45, 2.75) is 13.3 Å². The highest BCUT2D eigenvalue weighted by Gasteiger charge is 2.09. The lowest BCUT2D eigenvalue weighted by atomic mass is 10.1. The summed E-state index contributed by atoms with van der Waals surface area (Å²) < 4.78 is 20.0. The molecule has 0 saturated heterocycles. The Labute approximate surface area is 172 Å². The van der Waals surface area contributed by atoms with Gasteiger partial charge in [0.05, 0.1) is 12.4 Å². The molecule has 9 heteroatoms. The summed E-state index contributed by atoms with van der Waals surface area (Å²) in [6.45, 7) is 0.871. The van der Waals surface area contributed by atoms with Gasteiger partial charge in [-0.05, 0) is 35.4 Å². The number of pyridine rings is 1. The summed E-state index contributed by atoms with van der Waals surface area (Å²) in [5.41, 5.74) is 2.78. The molecule has 152 valence electrons. The van der Waals surface area contributed by atoms with Crippen molar-refractivity contribution in [1.29, 1.82) is 0 Å². The van der Waals surface area contributed by atoms with Gasteiger partial charge >= 0.3 is 0 Å². The molecule has 0 unspecified atom stereocenters. The molecule has 0 radical (unpaired) electrons. The van der Waals surface area contributed by atoms with Crippen molar-refractivity contribution in [1.82, 2.24) is 24.7 Å². The number of nitrogens with zero attached hydrogens (tertiary/aromatic N) is 5. The van der Waals surface area contributed by atoms with Crippen LogP contribution in [0.15, 0.2) is 67.4 Å². The van der Waals surface area contributed by atoms with E-state index in [0.717, 1.165) is 16.7 Å². The fraction of sp³-hybridized carbons (Fsp3) is 0.143. The topological polar surface area (TPSA) is 89.8 Å². The Balaban J connectivity index is 1.61. The summed E-state index contributed by atoms with van der Waals surface area (Å²) in [7, 11) is 1.62. The number of benzene rings is 1. The Morgan fingerprint density at radius 3 is 2.60 bits per heavy atom. The number of aromatic nitrogens is 5. The van der Waals surface area contributed by atoms with E-state index in [1.54, 1.807) is 48.7 Å². The van der Waals surface area contributed by atoms with E-state index in [0.29, 0.717) is 30.7 Å². The second-order valence-electron chi connectivity index (χ2n) is 6.51. The normalized spacial score (nSPS) is 10.7. The van der Waals surface area contributed by atoms with Gasteiger partial charge in [0.2, 0.25) is 0 Å². The molecule has 2 N–H and O–H groups in total. The van der Waals surface area contributed by atoms with E-state index in [-0.39, 0.29) is 5.82 Å². The van der Waals surface area contributed by atoms with Crippen LogP contribution in [-0.4, -0.2) is 31.8 Å². The first-order valence-electron chi connectivity index (χ1n) is 9.25. The highest BCUT2D eigenvalue weighted by atomic mass is 19.1. The molecule has 0 aliphatic carbocycles. The predicted octanol–water partition coefficient (Wildman–Crippen LogP) is 3.83. The fourth-order valence-corrected chi connectivity index (χ4v) is 2.86. The van der Waals surface area contributed by atoms with Crippen LogP contribution in [0.25, 0.3) is 11.1 Å². The van der Waals surface area contributed by atoms with E-state index in [1.807, 2.05) is 18.3 Å². The quantitative estimate of drug-likeness (QED) is 0.460. The highest BCUT2D eigenvalue weighted by Crippen LogP contribution is 2.26. The molecule has 4 aromatic rings. The molecule has 8 nitrogen and oxygen atoms in total. The third kappa shape index (κ3) is 4.95. The molecule has 0 amide bonds. The first-order chi connectivity index (χ1) is 14.7. The number of rotatable bonds is 8. The molecule has 0 aliphatic heterocycles. The molecule has 0 bridgehead atoms. The molecular formula is C21H20FN7O. The second-order valence-corrected chi connectivity index (χ2v) is 6.51. The number of methoxy groups -OCH3 is 1. The molecule has 0 atom stereocenters. The lowest BCUT2D eigenvalue weighted by Gasteiger charge is -2.11. The van der Waals surface area contributed by atoms with Crippen molar-refractivity contribution >= 4 is 17.5 Å². The molecule has 3 aromatic heterocycles. The van der Waals surface area contributed by atoms with E-state index in [1.165, 1.54) is 12.1 Å². The van der Waals surface area contributed by atoms with Crippen molar-refractivity contribution < 1.29 is 9.13 Å². The summed E-state index contributed by atoms with van der Waals surface area (Å²) >= 11 is 0. The number of halogens is 1. The van der Waals surface area contributed by atoms with Gasteiger partial charge in [0.15, 0.2) is 0 Å². The zero-order chi connectivity index (χ0) is 20.8. The fourth-order valence-electron chi connectivity index (χ4n) is 2.86. The van der Waals surface area contributed by atoms with Crippen molar-refractivity contribution in [3.05, 3.63) is 78.8 Å². The van der Waals surface area contributed by atoms with Gasteiger partial charge in [0, 0.05) is 37.8 Å². The summed E-state index contributed by atoms with van der Waals surface area (Å²) in [4.78, 5) is 12.9. The van der Waals surface area contributed by atoms with Gasteiger partial charge in [-0.25, -0.2) is 19.0 Å². The number of anilines is 3. The van der Waals surface area contributed by atoms with Crippen LogP contribution in [0.5, 0.6) is 0 Å². The molecule has 0 fully saturated rings. The maximum Gasteiger partial charge on any atom is 0.150 e. The lowest BCUT2D eigenvalue weighted by molar-refractivity contribution is 0.120. The maximum absolute atomic E-state index is 13.1. The average Bonchev–Trinajstić information content (AvgIpc) is 3.23. The van der Waals surface area contributed by atoms with Gasteiger partial charge in [-0.15, -0.1) is 0 Å². The third-order valence-electron chi connectivity index (χ3n) is 4.26. The minimum absolute atomic E-state index is 0.262. The molecule has 0 saturated carbocycles. The Morgan fingerprint density at radius 1 is 1.00 bits per heavy atom. The van der Waals surface area contributed by atoms with Crippen LogP contribution in [0.3, 0.4) is 0 Å². The average molecular weight is 405 g/mol. The first kappa shape index (κ1) is 19.5. The third-order valence-corrected chi connectivity index (χ3v) is 4.26. The van der Waals surface area contributed by atoms with Crippen LogP contribution in [-0.2, 0) is 18.0 Å². The Hall–Kier alpha value is -3.85. The maximum atomic E-state index is 13.1. The Kier molecular flexibility index (Phi) is 5.90. The van der Waals surface area contributed by atoms with Gasteiger partial charge in [-0.2, -0.15) is 5.10 Å². The highest BCUT2D eigenvalue weighted by molar-refractivity contribution is 5.70. The predicted molar refractivity (Wildman–Crippen MR) is 112 cm³/mol. The van der Waals surface area contributed by atoms with Gasteiger partial charge in [-0.1, -0.05) is 12.1 Å². The zero-order valence-electron chi connectivity index (χ0n) is 16.3. The van der Waals surface area contributed by atoms with Crippen molar-refractivity contribution in [2.75, 3.05) is 17.7 Å². The lowest BCUT2D eigenvalue weighted by Crippen LogP contribution is -2.04. The zero-order valence-corrected chi connectivity index (χ0v) is 16.3. The summed E-state index contributed by atoms with van der Waals surface area (Å²) in [5, 5.41) is 10.8. The van der Waals surface area contributed by atoms with Crippen molar-refractivity contribution in [3.63, 3.8) is 0 Å². The number of ether oxygens (including phenoxy) is 1. The molecule has 0 spiro atoms. The summed E-state index contributed by atoms with van der Waals surface area (Å²) in [6, 6.07) is 10.2. The molecular weight excluding hydrogens is 385 g/mol. The smallest absolute Gasteiger partial charge is 0.150 e. The second kappa shape index (κ2) is 9.10. The van der Waals surface area contributed by atoms with Crippen LogP contribution in [0.1, 0.15) is 5.56 Å². The SMILES string of the molecule is COCn1cc(-c2cc(NCc3ccc(F)cc3)nc(Nc3cnccn3)c2)cn1. The summed E-state index contributed by atoms with van der Waals surface area (Å²) in [6.07, 6.45) is 8.50. The minimum Gasteiger partial charge on any atom is -0.366 e. The van der Waals surface area contributed by atoms with Crippen LogP contribution in [0.4, 0.5) is 21.8 Å².